The molecule has 0 aliphatic rings. The Morgan fingerprint density at radius 3 is 1.70 bits per heavy atom. The number of rotatable bonds is 23. The van der Waals surface area contributed by atoms with Gasteiger partial charge in [0, 0.05) is 17.8 Å². The van der Waals surface area contributed by atoms with E-state index in [1.807, 2.05) is 18.2 Å². The molecule has 0 amide bonds. The van der Waals surface area contributed by atoms with Gasteiger partial charge in [0.15, 0.2) is 0 Å². The SMILES string of the molecule is C=C(C)C(=O)OCCCc1cccc(CCCOC(=O)C(=C)C)c1OCCCCCc1ccc(OCCCCCO)cc1. The summed E-state index contributed by atoms with van der Waals surface area (Å²) in [6.07, 6.45) is 9.63. The summed E-state index contributed by atoms with van der Waals surface area (Å²) >= 11 is 0. The Balaban J connectivity index is 1.83. The zero-order valence-corrected chi connectivity index (χ0v) is 26.2. The van der Waals surface area contributed by atoms with Crippen molar-refractivity contribution in [3.05, 3.63) is 83.5 Å². The van der Waals surface area contributed by atoms with E-state index < -0.39 is 0 Å². The van der Waals surface area contributed by atoms with Crippen LogP contribution in [0.3, 0.4) is 0 Å². The molecule has 2 aromatic rings. The first kappa shape index (κ1) is 35.6. The Morgan fingerprint density at radius 1 is 0.628 bits per heavy atom. The minimum Gasteiger partial charge on any atom is -0.494 e. The van der Waals surface area contributed by atoms with Crippen LogP contribution >= 0.6 is 0 Å². The van der Waals surface area contributed by atoms with Gasteiger partial charge in [-0.05, 0) is 113 Å². The zero-order chi connectivity index (χ0) is 31.3. The first-order valence-electron chi connectivity index (χ1n) is 15.5. The number of hydrogen-bond acceptors (Lipinski definition) is 7. The maximum absolute atomic E-state index is 11.7. The van der Waals surface area contributed by atoms with E-state index in [1.165, 1.54) is 5.56 Å². The Labute approximate surface area is 257 Å². The number of para-hydroxylation sites is 1. The highest BCUT2D eigenvalue weighted by Crippen LogP contribution is 2.27. The normalized spacial score (nSPS) is 10.7. The maximum atomic E-state index is 11.7. The van der Waals surface area contributed by atoms with Crippen LogP contribution in [0.2, 0.25) is 0 Å². The van der Waals surface area contributed by atoms with E-state index >= 15 is 0 Å². The average Bonchev–Trinajstić information content (AvgIpc) is 3.00. The highest BCUT2D eigenvalue weighted by atomic mass is 16.5. The van der Waals surface area contributed by atoms with Crippen LogP contribution in [0.4, 0.5) is 0 Å². The fourth-order valence-corrected chi connectivity index (χ4v) is 4.43. The van der Waals surface area contributed by atoms with Crippen LogP contribution in [0.5, 0.6) is 11.5 Å². The van der Waals surface area contributed by atoms with Gasteiger partial charge in [0.25, 0.3) is 0 Å². The summed E-state index contributed by atoms with van der Waals surface area (Å²) < 4.78 is 22.7. The average molecular weight is 595 g/mol. The number of aliphatic hydroxyl groups is 1. The predicted octanol–water partition coefficient (Wildman–Crippen LogP) is 7.12. The molecular formula is C36H50O7. The second-order valence-electron chi connectivity index (χ2n) is 10.9. The lowest BCUT2D eigenvalue weighted by molar-refractivity contribution is -0.139. The molecule has 0 saturated heterocycles. The molecule has 7 heteroatoms. The van der Waals surface area contributed by atoms with E-state index in [0.717, 1.165) is 80.4 Å². The van der Waals surface area contributed by atoms with Crippen molar-refractivity contribution in [3.8, 4) is 11.5 Å². The summed E-state index contributed by atoms with van der Waals surface area (Å²) in [5.41, 5.74) is 4.24. The number of ether oxygens (including phenoxy) is 4. The third-order valence-electron chi connectivity index (χ3n) is 6.87. The quantitative estimate of drug-likeness (QED) is 0.0832. The molecule has 236 valence electrons. The molecule has 2 rings (SSSR count). The molecule has 0 saturated carbocycles. The zero-order valence-electron chi connectivity index (χ0n) is 26.2. The van der Waals surface area contributed by atoms with Gasteiger partial charge in [0.1, 0.15) is 11.5 Å². The standard InChI is InChI=1S/C36H50O7/c1-28(2)35(38)42-26-12-17-31-15-11-16-32(18-13-27-43-36(39)29(3)4)34(31)41-25-9-5-7-14-30-19-21-33(22-20-30)40-24-10-6-8-23-37/h11,15-16,19-22,37H,1,3,5-10,12-14,17-18,23-27H2,2,4H3. The van der Waals surface area contributed by atoms with Gasteiger partial charge in [-0.3, -0.25) is 0 Å². The number of aryl methyl sites for hydroxylation is 3. The third-order valence-corrected chi connectivity index (χ3v) is 6.87. The van der Waals surface area contributed by atoms with Crippen molar-refractivity contribution in [3.63, 3.8) is 0 Å². The van der Waals surface area contributed by atoms with Gasteiger partial charge in [-0.2, -0.15) is 0 Å². The van der Waals surface area contributed by atoms with E-state index in [9.17, 15) is 9.59 Å². The number of esters is 2. The molecule has 0 radical (unpaired) electrons. The second kappa shape index (κ2) is 21.2. The minimum absolute atomic E-state index is 0.238. The molecule has 7 nitrogen and oxygen atoms in total. The number of carbonyl (C=O) groups excluding carboxylic acids is 2. The van der Waals surface area contributed by atoms with Crippen molar-refractivity contribution < 1.29 is 33.6 Å². The number of carbonyl (C=O) groups is 2. The summed E-state index contributed by atoms with van der Waals surface area (Å²) in [6, 6.07) is 14.5. The van der Waals surface area contributed by atoms with Crippen LogP contribution in [0.25, 0.3) is 0 Å². The lowest BCUT2D eigenvalue weighted by atomic mass is 10.0. The largest absolute Gasteiger partial charge is 0.494 e. The maximum Gasteiger partial charge on any atom is 0.333 e. The Bertz CT molecular complexity index is 1080. The van der Waals surface area contributed by atoms with Gasteiger partial charge in [-0.15, -0.1) is 0 Å². The van der Waals surface area contributed by atoms with Gasteiger partial charge >= 0.3 is 11.9 Å². The molecule has 1 N–H and O–H groups in total. The molecule has 43 heavy (non-hydrogen) atoms. The van der Waals surface area contributed by atoms with Crippen molar-refractivity contribution in [1.29, 1.82) is 0 Å². The Kier molecular flexibility index (Phi) is 17.5. The van der Waals surface area contributed by atoms with E-state index in [-0.39, 0.29) is 18.5 Å². The van der Waals surface area contributed by atoms with Crippen molar-refractivity contribution in [2.75, 3.05) is 33.0 Å². The van der Waals surface area contributed by atoms with Crippen molar-refractivity contribution >= 4 is 11.9 Å². The number of benzene rings is 2. The number of aliphatic hydroxyl groups excluding tert-OH is 1. The first-order valence-corrected chi connectivity index (χ1v) is 15.5. The van der Waals surface area contributed by atoms with E-state index in [1.54, 1.807) is 13.8 Å². The topological polar surface area (TPSA) is 91.3 Å². The molecule has 0 aromatic heterocycles. The molecule has 0 unspecified atom stereocenters. The van der Waals surface area contributed by atoms with Gasteiger partial charge < -0.3 is 24.1 Å². The smallest absolute Gasteiger partial charge is 0.333 e. The van der Waals surface area contributed by atoms with E-state index in [0.29, 0.717) is 50.4 Å². The molecule has 0 fully saturated rings. The van der Waals surface area contributed by atoms with Gasteiger partial charge in [0.2, 0.25) is 0 Å². The molecule has 0 heterocycles. The summed E-state index contributed by atoms with van der Waals surface area (Å²) in [5.74, 6) is 1.03. The molecule has 0 spiro atoms. The van der Waals surface area contributed by atoms with E-state index in [4.69, 9.17) is 24.1 Å². The molecular weight excluding hydrogens is 544 g/mol. The second-order valence-corrected chi connectivity index (χ2v) is 10.9. The molecule has 0 bridgehead atoms. The fraction of sp³-hybridized carbons (Fsp3) is 0.500. The predicted molar refractivity (Wildman–Crippen MR) is 171 cm³/mol. The Morgan fingerprint density at radius 2 is 1.16 bits per heavy atom. The summed E-state index contributed by atoms with van der Waals surface area (Å²) in [7, 11) is 0. The van der Waals surface area contributed by atoms with Crippen molar-refractivity contribution in [1.82, 2.24) is 0 Å². The van der Waals surface area contributed by atoms with E-state index in [2.05, 4.69) is 37.4 Å². The summed E-state index contributed by atoms with van der Waals surface area (Å²) in [6.45, 7) is 12.7. The number of unbranched alkanes of at least 4 members (excludes halogenated alkanes) is 4. The number of hydrogen-bond donors (Lipinski definition) is 1. The monoisotopic (exact) mass is 594 g/mol. The highest BCUT2D eigenvalue weighted by molar-refractivity contribution is 5.87. The fourth-order valence-electron chi connectivity index (χ4n) is 4.43. The van der Waals surface area contributed by atoms with Crippen LogP contribution in [-0.2, 0) is 38.3 Å². The summed E-state index contributed by atoms with van der Waals surface area (Å²) in [5, 5.41) is 8.86. The Hall–Kier alpha value is -3.58. The molecule has 0 aliphatic carbocycles. The lowest BCUT2D eigenvalue weighted by Gasteiger charge is -2.17. The molecule has 2 aromatic carbocycles. The summed E-state index contributed by atoms with van der Waals surface area (Å²) in [4.78, 5) is 23.4. The van der Waals surface area contributed by atoms with Crippen LogP contribution in [0.15, 0.2) is 66.8 Å². The first-order chi connectivity index (χ1) is 20.8. The van der Waals surface area contributed by atoms with Crippen LogP contribution < -0.4 is 9.47 Å². The van der Waals surface area contributed by atoms with Crippen molar-refractivity contribution in [2.24, 2.45) is 0 Å². The minimum atomic E-state index is -0.371. The highest BCUT2D eigenvalue weighted by Gasteiger charge is 2.12. The third kappa shape index (κ3) is 14.9. The lowest BCUT2D eigenvalue weighted by Crippen LogP contribution is -2.09. The van der Waals surface area contributed by atoms with Gasteiger partial charge in [0.05, 0.1) is 26.4 Å². The van der Waals surface area contributed by atoms with Crippen LogP contribution in [-0.4, -0.2) is 50.1 Å². The molecule has 0 aliphatic heterocycles. The molecule has 0 atom stereocenters. The van der Waals surface area contributed by atoms with Crippen LogP contribution in [0, 0.1) is 0 Å². The van der Waals surface area contributed by atoms with Crippen LogP contribution in [0.1, 0.15) is 81.9 Å². The van der Waals surface area contributed by atoms with Gasteiger partial charge in [-0.1, -0.05) is 43.5 Å². The van der Waals surface area contributed by atoms with Gasteiger partial charge in [-0.25, -0.2) is 9.59 Å². The van der Waals surface area contributed by atoms with Crippen molar-refractivity contribution in [2.45, 2.75) is 84.5 Å².